The van der Waals surface area contributed by atoms with Crippen LogP contribution in [-0.2, 0) is 19.6 Å². The smallest absolute Gasteiger partial charge is 0.255 e. The molecule has 0 amide bonds. The highest BCUT2D eigenvalue weighted by molar-refractivity contribution is 5.39. The summed E-state index contributed by atoms with van der Waals surface area (Å²) in [5, 5.41) is 3.27. The van der Waals surface area contributed by atoms with Crippen LogP contribution in [0.3, 0.4) is 0 Å². The first-order valence-electron chi connectivity index (χ1n) is 10.9. The van der Waals surface area contributed by atoms with Gasteiger partial charge in [-0.2, -0.15) is 0 Å². The normalized spacial score (nSPS) is 21.5. The van der Waals surface area contributed by atoms with E-state index < -0.39 is 18.0 Å². The van der Waals surface area contributed by atoms with Gasteiger partial charge in [-0.05, 0) is 34.4 Å². The van der Waals surface area contributed by atoms with Crippen LogP contribution >= 0.6 is 0 Å². The van der Waals surface area contributed by atoms with Crippen LogP contribution in [0.15, 0.2) is 54.9 Å². The lowest BCUT2D eigenvalue weighted by Gasteiger charge is -2.31. The first-order valence-corrected chi connectivity index (χ1v) is 10.9. The molecular formula is C25H30F3N3O. The fourth-order valence-electron chi connectivity index (χ4n) is 3.88. The van der Waals surface area contributed by atoms with Crippen molar-refractivity contribution in [3.63, 3.8) is 0 Å². The average molecular weight is 446 g/mol. The Bertz CT molecular complexity index is 961. The van der Waals surface area contributed by atoms with Crippen molar-refractivity contribution in [2.45, 2.75) is 38.1 Å². The van der Waals surface area contributed by atoms with Crippen LogP contribution in [-0.4, -0.2) is 43.0 Å². The number of halogens is 3. The molecule has 2 unspecified atom stereocenters. The zero-order chi connectivity index (χ0) is 22.9. The molecule has 172 valence electrons. The van der Waals surface area contributed by atoms with E-state index in [-0.39, 0.29) is 13.0 Å². The summed E-state index contributed by atoms with van der Waals surface area (Å²) in [6.07, 6.45) is -1.26. The van der Waals surface area contributed by atoms with Crippen molar-refractivity contribution < 1.29 is 17.9 Å². The second-order valence-corrected chi connectivity index (χ2v) is 8.98. The molecule has 1 saturated carbocycles. The summed E-state index contributed by atoms with van der Waals surface area (Å²) in [5.41, 5.74) is 3.79. The number of alkyl halides is 3. The van der Waals surface area contributed by atoms with Crippen molar-refractivity contribution in [2.75, 3.05) is 27.2 Å². The molecule has 2 aliphatic rings. The summed E-state index contributed by atoms with van der Waals surface area (Å²) in [6.45, 7) is 6.23. The van der Waals surface area contributed by atoms with Gasteiger partial charge in [0, 0.05) is 46.7 Å². The Labute approximate surface area is 187 Å². The zero-order valence-electron chi connectivity index (χ0n) is 18.6. The van der Waals surface area contributed by atoms with E-state index in [1.165, 1.54) is 0 Å². The number of hydrogen-bond donors (Lipinski definition) is 1. The van der Waals surface area contributed by atoms with Crippen LogP contribution in [0.2, 0.25) is 0 Å². The molecule has 4 nitrogen and oxygen atoms in total. The van der Waals surface area contributed by atoms with E-state index in [0.29, 0.717) is 37.5 Å². The average Bonchev–Trinajstić information content (AvgIpc) is 3.38. The molecule has 0 spiro atoms. The van der Waals surface area contributed by atoms with E-state index in [9.17, 15) is 13.2 Å². The van der Waals surface area contributed by atoms with Crippen molar-refractivity contribution in [1.82, 2.24) is 15.1 Å². The third-order valence-electron chi connectivity index (χ3n) is 6.14. The number of ether oxygens (including phenoxy) is 1. The predicted octanol–water partition coefficient (Wildman–Crippen LogP) is 4.87. The molecule has 7 heteroatoms. The molecule has 0 aromatic heterocycles. The third kappa shape index (κ3) is 5.38. The number of nitrogens with zero attached hydrogens (tertiary/aromatic N) is 2. The quantitative estimate of drug-likeness (QED) is 0.596. The molecule has 1 fully saturated rings. The maximum atomic E-state index is 14.9. The Kier molecular flexibility index (Phi) is 6.38. The summed E-state index contributed by atoms with van der Waals surface area (Å²) >= 11 is 0. The fraction of sp³-hybridized carbons (Fsp3) is 0.440. The number of benzene rings is 2. The highest BCUT2D eigenvalue weighted by Crippen LogP contribution is 2.48. The topological polar surface area (TPSA) is 27.7 Å². The second-order valence-electron chi connectivity index (χ2n) is 8.98. The minimum Gasteiger partial charge on any atom is -0.493 e. The van der Waals surface area contributed by atoms with Crippen molar-refractivity contribution in [1.29, 1.82) is 0 Å². The van der Waals surface area contributed by atoms with Crippen LogP contribution in [0, 0.1) is 5.92 Å². The lowest BCUT2D eigenvalue weighted by molar-refractivity contribution is 0.0855. The van der Waals surface area contributed by atoms with Gasteiger partial charge in [0.05, 0.1) is 18.3 Å². The molecular weight excluding hydrogens is 415 g/mol. The molecule has 2 aromatic rings. The Balaban J connectivity index is 1.32. The SMILES string of the molecule is C=C(NCc1ccc(CN2Cc3ccc(OCC4CC4(F)F)cc3C(F)C2)cc1)N(C)C. The maximum Gasteiger partial charge on any atom is 0.255 e. The number of nitrogens with one attached hydrogen (secondary N) is 1. The van der Waals surface area contributed by atoms with Gasteiger partial charge in [0.25, 0.3) is 5.92 Å². The standard InChI is InChI=1S/C25H30F3N3O/c1-17(30(2)3)29-12-18-4-6-19(7-5-18)13-31-14-20-8-9-22(10-23(20)24(26)15-31)32-16-21-11-25(21,27)28/h4-10,21,24,29H,1,11-16H2,2-3H3. The summed E-state index contributed by atoms with van der Waals surface area (Å²) in [6, 6.07) is 13.6. The first-order chi connectivity index (χ1) is 15.2. The second kappa shape index (κ2) is 9.06. The molecule has 2 aromatic carbocycles. The number of fused-ring (bicyclic) bond motifs is 1. The molecule has 0 bridgehead atoms. The van der Waals surface area contributed by atoms with Gasteiger partial charge < -0.3 is 15.0 Å². The largest absolute Gasteiger partial charge is 0.493 e. The van der Waals surface area contributed by atoms with Crippen molar-refractivity contribution in [3.05, 3.63) is 77.1 Å². The Morgan fingerprint density at radius 3 is 2.53 bits per heavy atom. The van der Waals surface area contributed by atoms with E-state index in [0.717, 1.165) is 22.5 Å². The Morgan fingerprint density at radius 1 is 1.19 bits per heavy atom. The number of hydrogen-bond acceptors (Lipinski definition) is 4. The fourth-order valence-corrected chi connectivity index (χ4v) is 3.88. The summed E-state index contributed by atoms with van der Waals surface area (Å²) in [4.78, 5) is 4.01. The van der Waals surface area contributed by atoms with Crippen molar-refractivity contribution in [2.24, 2.45) is 5.92 Å². The first kappa shape index (κ1) is 22.5. The molecule has 1 heterocycles. The van der Waals surface area contributed by atoms with Crippen LogP contribution < -0.4 is 10.1 Å². The summed E-state index contributed by atoms with van der Waals surface area (Å²) < 4.78 is 46.4. The Morgan fingerprint density at radius 2 is 1.88 bits per heavy atom. The van der Waals surface area contributed by atoms with Crippen LogP contribution in [0.5, 0.6) is 5.75 Å². The molecule has 0 saturated heterocycles. The van der Waals surface area contributed by atoms with E-state index in [1.807, 2.05) is 25.1 Å². The molecule has 1 aliphatic heterocycles. The minimum absolute atomic E-state index is 0.0242. The lowest BCUT2D eigenvalue weighted by Crippen LogP contribution is -2.31. The van der Waals surface area contributed by atoms with Crippen LogP contribution in [0.4, 0.5) is 13.2 Å². The minimum atomic E-state index is -2.60. The van der Waals surface area contributed by atoms with Gasteiger partial charge in [-0.3, -0.25) is 4.90 Å². The van der Waals surface area contributed by atoms with Crippen LogP contribution in [0.1, 0.15) is 34.8 Å². The highest BCUT2D eigenvalue weighted by atomic mass is 19.3. The van der Waals surface area contributed by atoms with Gasteiger partial charge in [-0.25, -0.2) is 13.2 Å². The molecule has 1 N–H and O–H groups in total. The van der Waals surface area contributed by atoms with Gasteiger partial charge >= 0.3 is 0 Å². The molecule has 2 atom stereocenters. The number of rotatable bonds is 9. The zero-order valence-corrected chi connectivity index (χ0v) is 18.6. The van der Waals surface area contributed by atoms with E-state index in [2.05, 4.69) is 41.1 Å². The van der Waals surface area contributed by atoms with E-state index in [4.69, 9.17) is 4.74 Å². The molecule has 1 aliphatic carbocycles. The maximum absolute atomic E-state index is 14.9. The lowest BCUT2D eigenvalue weighted by atomic mass is 9.97. The predicted molar refractivity (Wildman–Crippen MR) is 119 cm³/mol. The van der Waals surface area contributed by atoms with Crippen LogP contribution in [0.25, 0.3) is 0 Å². The van der Waals surface area contributed by atoms with Crippen molar-refractivity contribution >= 4 is 0 Å². The highest BCUT2D eigenvalue weighted by Gasteiger charge is 2.57. The van der Waals surface area contributed by atoms with Gasteiger partial charge in [0.15, 0.2) is 0 Å². The summed E-state index contributed by atoms with van der Waals surface area (Å²) in [5.74, 6) is -2.01. The van der Waals surface area contributed by atoms with Gasteiger partial charge in [0.1, 0.15) is 11.9 Å². The third-order valence-corrected chi connectivity index (χ3v) is 6.14. The summed E-state index contributed by atoms with van der Waals surface area (Å²) in [7, 11) is 3.88. The Hall–Kier alpha value is -2.67. The molecule has 32 heavy (non-hydrogen) atoms. The monoisotopic (exact) mass is 445 g/mol. The van der Waals surface area contributed by atoms with Crippen molar-refractivity contribution in [3.8, 4) is 5.75 Å². The van der Waals surface area contributed by atoms with E-state index in [1.54, 1.807) is 12.1 Å². The van der Waals surface area contributed by atoms with E-state index >= 15 is 0 Å². The molecule has 0 radical (unpaired) electrons. The van der Waals surface area contributed by atoms with Gasteiger partial charge in [-0.15, -0.1) is 0 Å². The molecule has 4 rings (SSSR count). The van der Waals surface area contributed by atoms with Gasteiger partial charge in [0.2, 0.25) is 0 Å². The van der Waals surface area contributed by atoms with Gasteiger partial charge in [-0.1, -0.05) is 36.9 Å².